The second-order valence-electron chi connectivity index (χ2n) is 5.34. The fourth-order valence-corrected chi connectivity index (χ4v) is 2.42. The number of amides is 1. The van der Waals surface area contributed by atoms with Crippen LogP contribution < -0.4 is 0 Å². The predicted molar refractivity (Wildman–Crippen MR) is 65.9 cm³/mol. The molecule has 112 valence electrons. The Morgan fingerprint density at radius 1 is 1.45 bits per heavy atom. The number of hydrogen-bond donors (Lipinski definition) is 1. The average Bonchev–Trinajstić information content (AvgIpc) is 2.75. The summed E-state index contributed by atoms with van der Waals surface area (Å²) in [4.78, 5) is 13.4. The van der Waals surface area contributed by atoms with Crippen LogP contribution in [0.15, 0.2) is 18.3 Å². The summed E-state index contributed by atoms with van der Waals surface area (Å²) in [5, 5.41) is 9.42. The van der Waals surface area contributed by atoms with Crippen LogP contribution in [0, 0.1) is 0 Å². The van der Waals surface area contributed by atoms with E-state index in [1.54, 1.807) is 6.92 Å². The first-order valence-corrected chi connectivity index (χ1v) is 6.37. The number of hydrogen-bond acceptors (Lipinski definition) is 2. The fraction of sp³-hybridized carbons (Fsp3) is 0.615. The minimum Gasteiger partial charge on any atom is -0.380 e. The number of nitrogens with zero attached hydrogens (tertiary/aromatic N) is 2. The number of aliphatic hydroxyl groups is 1. The first-order valence-electron chi connectivity index (χ1n) is 6.37. The third-order valence-corrected chi connectivity index (χ3v) is 3.77. The minimum atomic E-state index is -4.82. The van der Waals surface area contributed by atoms with Crippen molar-refractivity contribution in [3.63, 3.8) is 0 Å². The molecule has 1 aliphatic heterocycles. The lowest BCUT2D eigenvalue weighted by atomic mass is 9.99. The second kappa shape index (κ2) is 4.80. The topological polar surface area (TPSA) is 45.5 Å². The van der Waals surface area contributed by atoms with Crippen LogP contribution in [-0.4, -0.2) is 38.8 Å². The molecule has 0 fully saturated rings. The van der Waals surface area contributed by atoms with Gasteiger partial charge in [0, 0.05) is 25.0 Å². The van der Waals surface area contributed by atoms with Crippen molar-refractivity contribution in [2.75, 3.05) is 6.54 Å². The van der Waals surface area contributed by atoms with E-state index in [1.165, 1.54) is 4.90 Å². The number of carbonyl (C=O) groups excluding carboxylic acids is 1. The van der Waals surface area contributed by atoms with Gasteiger partial charge >= 0.3 is 6.18 Å². The maximum atomic E-state index is 12.6. The summed E-state index contributed by atoms with van der Waals surface area (Å²) in [5.41, 5.74) is -2.11. The molecule has 2 heterocycles. The number of fused-ring (bicyclic) bond motifs is 1. The van der Waals surface area contributed by atoms with Crippen LogP contribution in [0.1, 0.15) is 32.0 Å². The molecule has 1 aromatic rings. The average molecular weight is 290 g/mol. The largest absolute Gasteiger partial charge is 0.417 e. The summed E-state index contributed by atoms with van der Waals surface area (Å²) in [5.74, 6) is -0.688. The lowest BCUT2D eigenvalue weighted by molar-refractivity contribution is -0.254. The molecular formula is C13H17F3N2O2. The monoisotopic (exact) mass is 290 g/mol. The van der Waals surface area contributed by atoms with Crippen molar-refractivity contribution >= 4 is 5.91 Å². The van der Waals surface area contributed by atoms with Gasteiger partial charge in [0.25, 0.3) is 0 Å². The molecule has 1 aromatic heterocycles. The van der Waals surface area contributed by atoms with E-state index in [-0.39, 0.29) is 6.04 Å². The Morgan fingerprint density at radius 2 is 2.10 bits per heavy atom. The Bertz CT molecular complexity index is 508. The SMILES string of the molecule is C[C@H]1c2cccn2CCN1C(=O)C[C@@](C)(O)C(F)(F)F. The van der Waals surface area contributed by atoms with Gasteiger partial charge in [-0.2, -0.15) is 13.2 Å². The van der Waals surface area contributed by atoms with Crippen molar-refractivity contribution in [3.8, 4) is 0 Å². The van der Waals surface area contributed by atoms with Gasteiger partial charge in [-0.3, -0.25) is 4.79 Å². The zero-order valence-corrected chi connectivity index (χ0v) is 11.3. The molecule has 0 saturated heterocycles. The Kier molecular flexibility index (Phi) is 3.58. The van der Waals surface area contributed by atoms with E-state index in [2.05, 4.69) is 0 Å². The van der Waals surface area contributed by atoms with Gasteiger partial charge < -0.3 is 14.6 Å². The van der Waals surface area contributed by atoms with Crippen LogP contribution in [-0.2, 0) is 11.3 Å². The quantitative estimate of drug-likeness (QED) is 0.906. The molecular weight excluding hydrogens is 273 g/mol. The molecule has 0 spiro atoms. The van der Waals surface area contributed by atoms with Gasteiger partial charge in [0.1, 0.15) is 0 Å². The smallest absolute Gasteiger partial charge is 0.380 e. The normalized spacial score (nSPS) is 22.3. The van der Waals surface area contributed by atoms with Crippen molar-refractivity contribution in [3.05, 3.63) is 24.0 Å². The first-order chi connectivity index (χ1) is 9.13. The summed E-state index contributed by atoms with van der Waals surface area (Å²) < 4.78 is 39.8. The molecule has 7 heteroatoms. The molecule has 4 nitrogen and oxygen atoms in total. The summed E-state index contributed by atoms with van der Waals surface area (Å²) in [7, 11) is 0. The Hall–Kier alpha value is -1.50. The highest BCUT2D eigenvalue weighted by molar-refractivity contribution is 5.78. The Morgan fingerprint density at radius 3 is 2.70 bits per heavy atom. The zero-order valence-electron chi connectivity index (χ0n) is 11.3. The van der Waals surface area contributed by atoms with Gasteiger partial charge in [-0.05, 0) is 26.0 Å². The molecule has 2 atom stereocenters. The highest BCUT2D eigenvalue weighted by Gasteiger charge is 2.51. The molecule has 1 amide bonds. The number of carbonyl (C=O) groups is 1. The van der Waals surface area contributed by atoms with Crippen LogP contribution in [0.2, 0.25) is 0 Å². The summed E-state index contributed by atoms with van der Waals surface area (Å²) in [6, 6.07) is 3.38. The van der Waals surface area contributed by atoms with E-state index in [4.69, 9.17) is 0 Å². The molecule has 20 heavy (non-hydrogen) atoms. The van der Waals surface area contributed by atoms with E-state index >= 15 is 0 Å². The van der Waals surface area contributed by atoms with Crippen LogP contribution in [0.25, 0.3) is 0 Å². The molecule has 1 aliphatic rings. The third kappa shape index (κ3) is 2.54. The lowest BCUT2D eigenvalue weighted by Gasteiger charge is -2.37. The van der Waals surface area contributed by atoms with Crippen LogP contribution in [0.4, 0.5) is 13.2 Å². The van der Waals surface area contributed by atoms with Crippen LogP contribution >= 0.6 is 0 Å². The van der Waals surface area contributed by atoms with Crippen LogP contribution in [0.5, 0.6) is 0 Å². The molecule has 0 radical (unpaired) electrons. The molecule has 0 aromatic carbocycles. The summed E-state index contributed by atoms with van der Waals surface area (Å²) >= 11 is 0. The maximum absolute atomic E-state index is 12.6. The standard InChI is InChI=1S/C13H17F3N2O2/c1-9-10-4-3-5-17(10)6-7-18(9)11(19)8-12(2,20)13(14,15)16/h3-5,9,20H,6-8H2,1-2H3/t9-,12+/m0/s1. The zero-order chi connectivity index (χ0) is 15.1. The van der Waals surface area contributed by atoms with Gasteiger partial charge in [0.15, 0.2) is 5.60 Å². The molecule has 0 saturated carbocycles. The molecule has 1 N–H and O–H groups in total. The predicted octanol–water partition coefficient (Wildman–Crippen LogP) is 2.09. The van der Waals surface area contributed by atoms with Gasteiger partial charge in [-0.1, -0.05) is 0 Å². The van der Waals surface area contributed by atoms with Gasteiger partial charge in [-0.15, -0.1) is 0 Å². The van der Waals surface area contributed by atoms with E-state index in [0.717, 1.165) is 5.69 Å². The highest BCUT2D eigenvalue weighted by Crippen LogP contribution is 2.34. The van der Waals surface area contributed by atoms with E-state index in [0.29, 0.717) is 20.0 Å². The maximum Gasteiger partial charge on any atom is 0.417 e. The summed E-state index contributed by atoms with van der Waals surface area (Å²) in [6.07, 6.45) is -3.90. The molecule has 0 unspecified atom stereocenters. The second-order valence-corrected chi connectivity index (χ2v) is 5.34. The number of halogens is 3. The van der Waals surface area contributed by atoms with Gasteiger partial charge in [0.2, 0.25) is 5.91 Å². The van der Waals surface area contributed by atoms with Gasteiger partial charge in [-0.25, -0.2) is 0 Å². The van der Waals surface area contributed by atoms with Crippen molar-refractivity contribution in [1.29, 1.82) is 0 Å². The van der Waals surface area contributed by atoms with E-state index < -0.39 is 24.1 Å². The fourth-order valence-electron chi connectivity index (χ4n) is 2.42. The summed E-state index contributed by atoms with van der Waals surface area (Å²) in [6.45, 7) is 3.29. The lowest BCUT2D eigenvalue weighted by Crippen LogP contribution is -2.49. The number of rotatable bonds is 2. The van der Waals surface area contributed by atoms with Crippen molar-refractivity contribution in [2.24, 2.45) is 0 Å². The third-order valence-electron chi connectivity index (χ3n) is 3.77. The van der Waals surface area contributed by atoms with Crippen LogP contribution in [0.3, 0.4) is 0 Å². The Labute approximate surface area is 114 Å². The van der Waals surface area contributed by atoms with Crippen molar-refractivity contribution in [2.45, 2.75) is 44.6 Å². The van der Waals surface area contributed by atoms with Gasteiger partial charge in [0.05, 0.1) is 12.5 Å². The molecule has 2 rings (SSSR count). The molecule has 0 aliphatic carbocycles. The number of alkyl halides is 3. The number of aromatic nitrogens is 1. The van der Waals surface area contributed by atoms with E-state index in [1.807, 2.05) is 22.9 Å². The van der Waals surface area contributed by atoms with E-state index in [9.17, 15) is 23.1 Å². The van der Waals surface area contributed by atoms with Crippen molar-refractivity contribution < 1.29 is 23.1 Å². The van der Waals surface area contributed by atoms with Crippen molar-refractivity contribution in [1.82, 2.24) is 9.47 Å². The first kappa shape index (κ1) is 14.9. The molecule has 0 bridgehead atoms. The Balaban J connectivity index is 2.12. The minimum absolute atomic E-state index is 0.296. The highest BCUT2D eigenvalue weighted by atomic mass is 19.4.